The lowest BCUT2D eigenvalue weighted by Gasteiger charge is -2.11. The summed E-state index contributed by atoms with van der Waals surface area (Å²) in [6.45, 7) is 6.50. The van der Waals surface area contributed by atoms with Crippen LogP contribution in [0.2, 0.25) is 0 Å². The Morgan fingerprint density at radius 1 is 1.04 bits per heavy atom. The van der Waals surface area contributed by atoms with E-state index in [9.17, 15) is 9.59 Å². The van der Waals surface area contributed by atoms with Crippen molar-refractivity contribution in [3.63, 3.8) is 0 Å². The maximum atomic E-state index is 12.0. The Bertz CT molecular complexity index is 770. The highest BCUT2D eigenvalue weighted by molar-refractivity contribution is 5.92. The number of ether oxygens (including phenoxy) is 2. The lowest BCUT2D eigenvalue weighted by atomic mass is 9.99. The fourth-order valence-electron chi connectivity index (χ4n) is 2.79. The molecule has 1 N–H and O–H groups in total. The molecule has 0 aliphatic rings. The number of carbonyl (C=O) groups is 2. The van der Waals surface area contributed by atoms with Gasteiger partial charge in [-0.25, -0.2) is 0 Å². The first-order valence-electron chi connectivity index (χ1n) is 9.79. The Morgan fingerprint density at radius 3 is 2.43 bits per heavy atom. The molecule has 1 amide bonds. The van der Waals surface area contributed by atoms with Crippen molar-refractivity contribution in [2.45, 2.75) is 46.0 Å². The third kappa shape index (κ3) is 6.72. The van der Waals surface area contributed by atoms with Crippen LogP contribution in [0, 0.1) is 0 Å². The molecule has 2 rings (SSSR count). The van der Waals surface area contributed by atoms with Gasteiger partial charge in [0.1, 0.15) is 5.75 Å². The van der Waals surface area contributed by atoms with Crippen molar-refractivity contribution >= 4 is 17.6 Å². The van der Waals surface area contributed by atoms with E-state index in [1.165, 1.54) is 5.56 Å². The maximum absolute atomic E-state index is 12.0. The molecule has 0 aliphatic carbocycles. The van der Waals surface area contributed by atoms with E-state index in [1.54, 1.807) is 0 Å². The Labute approximate surface area is 167 Å². The Morgan fingerprint density at radius 2 is 1.75 bits per heavy atom. The van der Waals surface area contributed by atoms with Crippen LogP contribution >= 0.6 is 0 Å². The summed E-state index contributed by atoms with van der Waals surface area (Å²) in [5, 5.41) is 2.74. The van der Waals surface area contributed by atoms with Gasteiger partial charge in [0.15, 0.2) is 6.61 Å². The largest absolute Gasteiger partial charge is 0.494 e. The molecule has 0 heterocycles. The summed E-state index contributed by atoms with van der Waals surface area (Å²) in [4.78, 5) is 23.9. The van der Waals surface area contributed by atoms with E-state index in [-0.39, 0.29) is 18.9 Å². The van der Waals surface area contributed by atoms with Gasteiger partial charge < -0.3 is 14.8 Å². The summed E-state index contributed by atoms with van der Waals surface area (Å²) in [5.74, 6) is 0.503. The Hall–Kier alpha value is -2.82. The van der Waals surface area contributed by atoms with Crippen LogP contribution in [0.5, 0.6) is 5.75 Å². The average molecular weight is 383 g/mol. The van der Waals surface area contributed by atoms with Crippen LogP contribution in [0.1, 0.15) is 50.7 Å². The van der Waals surface area contributed by atoms with Gasteiger partial charge in [-0.3, -0.25) is 9.59 Å². The van der Waals surface area contributed by atoms with Crippen molar-refractivity contribution < 1.29 is 19.1 Å². The molecule has 0 aliphatic heterocycles. The van der Waals surface area contributed by atoms with E-state index in [1.807, 2.05) is 55.5 Å². The lowest BCUT2D eigenvalue weighted by molar-refractivity contribution is -0.147. The van der Waals surface area contributed by atoms with Crippen LogP contribution in [0.15, 0.2) is 48.5 Å². The van der Waals surface area contributed by atoms with Crippen molar-refractivity contribution in [2.75, 3.05) is 18.5 Å². The molecule has 28 heavy (non-hydrogen) atoms. The van der Waals surface area contributed by atoms with Gasteiger partial charge in [-0.15, -0.1) is 0 Å². The van der Waals surface area contributed by atoms with Crippen molar-refractivity contribution in [1.29, 1.82) is 0 Å². The summed E-state index contributed by atoms with van der Waals surface area (Å²) >= 11 is 0. The molecule has 0 saturated carbocycles. The zero-order valence-electron chi connectivity index (χ0n) is 16.9. The number of carbonyl (C=O) groups excluding carboxylic acids is 2. The number of hydrogen-bond acceptors (Lipinski definition) is 4. The topological polar surface area (TPSA) is 64.6 Å². The fourth-order valence-corrected chi connectivity index (χ4v) is 2.79. The summed E-state index contributed by atoms with van der Waals surface area (Å²) in [6.07, 6.45) is 1.77. The highest BCUT2D eigenvalue weighted by Crippen LogP contribution is 2.21. The third-order valence-electron chi connectivity index (χ3n) is 4.61. The fraction of sp³-hybridized carbons (Fsp3) is 0.391. The van der Waals surface area contributed by atoms with Crippen LogP contribution in [-0.4, -0.2) is 25.1 Å². The van der Waals surface area contributed by atoms with E-state index in [2.05, 4.69) is 19.2 Å². The summed E-state index contributed by atoms with van der Waals surface area (Å²) in [5.41, 5.74) is 2.88. The quantitative estimate of drug-likeness (QED) is 0.603. The van der Waals surface area contributed by atoms with Crippen LogP contribution in [0.25, 0.3) is 0 Å². The first-order valence-corrected chi connectivity index (χ1v) is 9.79. The molecule has 2 aromatic carbocycles. The zero-order valence-corrected chi connectivity index (χ0v) is 16.9. The van der Waals surface area contributed by atoms with Crippen molar-refractivity contribution in [3.05, 3.63) is 59.7 Å². The van der Waals surface area contributed by atoms with Crippen LogP contribution in [0.3, 0.4) is 0 Å². The minimum atomic E-state index is -0.409. The van der Waals surface area contributed by atoms with Gasteiger partial charge in [0.25, 0.3) is 5.91 Å². The van der Waals surface area contributed by atoms with E-state index in [0.717, 1.165) is 17.7 Å². The number of nitrogens with one attached hydrogen (secondary N) is 1. The van der Waals surface area contributed by atoms with Gasteiger partial charge in [0.05, 0.1) is 6.61 Å². The van der Waals surface area contributed by atoms with Crippen LogP contribution in [-0.2, 0) is 20.7 Å². The second kappa shape index (κ2) is 11.1. The molecule has 0 fully saturated rings. The number of amides is 1. The maximum Gasteiger partial charge on any atom is 0.306 e. The highest BCUT2D eigenvalue weighted by atomic mass is 16.5. The number of para-hydroxylation sites is 1. The Kier molecular flexibility index (Phi) is 8.53. The van der Waals surface area contributed by atoms with E-state index < -0.39 is 5.97 Å². The number of rotatable bonds is 10. The minimum Gasteiger partial charge on any atom is -0.494 e. The number of hydrogen-bond donors (Lipinski definition) is 1. The number of aryl methyl sites for hydroxylation is 1. The van der Waals surface area contributed by atoms with Crippen molar-refractivity contribution in [3.8, 4) is 5.75 Å². The highest BCUT2D eigenvalue weighted by Gasteiger charge is 2.11. The number of anilines is 1. The average Bonchev–Trinajstić information content (AvgIpc) is 2.72. The zero-order chi connectivity index (χ0) is 20.4. The van der Waals surface area contributed by atoms with Gasteiger partial charge in [-0.05, 0) is 55.0 Å². The van der Waals surface area contributed by atoms with Gasteiger partial charge in [0, 0.05) is 12.1 Å². The minimum absolute atomic E-state index is 0.195. The normalized spacial score (nSPS) is 11.5. The SMILES string of the molecule is CCOc1ccccc1CCC(=O)OCC(=O)Nc1ccc([C@@H](C)CC)cc1. The molecule has 0 unspecified atom stereocenters. The molecule has 2 aromatic rings. The molecular formula is C23H29NO4. The molecule has 5 heteroatoms. The molecule has 0 aromatic heterocycles. The van der Waals surface area contributed by atoms with E-state index in [4.69, 9.17) is 9.47 Å². The third-order valence-corrected chi connectivity index (χ3v) is 4.61. The molecule has 0 bridgehead atoms. The predicted molar refractivity (Wildman–Crippen MR) is 111 cm³/mol. The van der Waals surface area contributed by atoms with E-state index in [0.29, 0.717) is 24.6 Å². The summed E-state index contributed by atoms with van der Waals surface area (Å²) in [7, 11) is 0. The molecule has 0 spiro atoms. The lowest BCUT2D eigenvalue weighted by Crippen LogP contribution is -2.21. The second-order valence-corrected chi connectivity index (χ2v) is 6.68. The molecule has 150 valence electrons. The van der Waals surface area contributed by atoms with Crippen LogP contribution < -0.4 is 10.1 Å². The molecule has 5 nitrogen and oxygen atoms in total. The second-order valence-electron chi connectivity index (χ2n) is 6.68. The number of benzene rings is 2. The Balaban J connectivity index is 1.76. The summed E-state index contributed by atoms with van der Waals surface area (Å²) < 4.78 is 10.6. The smallest absolute Gasteiger partial charge is 0.306 e. The molecule has 0 saturated heterocycles. The molecular weight excluding hydrogens is 354 g/mol. The monoisotopic (exact) mass is 383 g/mol. The van der Waals surface area contributed by atoms with Crippen molar-refractivity contribution in [1.82, 2.24) is 0 Å². The molecule has 0 radical (unpaired) electrons. The van der Waals surface area contributed by atoms with Gasteiger partial charge in [0.2, 0.25) is 0 Å². The van der Waals surface area contributed by atoms with Gasteiger partial charge in [-0.2, -0.15) is 0 Å². The molecule has 1 atom stereocenters. The number of esters is 1. The summed E-state index contributed by atoms with van der Waals surface area (Å²) in [6, 6.07) is 15.4. The van der Waals surface area contributed by atoms with E-state index >= 15 is 0 Å². The first-order chi connectivity index (χ1) is 13.5. The van der Waals surface area contributed by atoms with Gasteiger partial charge in [-0.1, -0.05) is 44.2 Å². The van der Waals surface area contributed by atoms with Crippen LogP contribution in [0.4, 0.5) is 5.69 Å². The standard InChI is InChI=1S/C23H29NO4/c1-4-17(3)18-10-13-20(14-11-18)24-22(25)16-28-23(26)15-12-19-8-6-7-9-21(19)27-5-2/h6-11,13-14,17H,4-5,12,15-16H2,1-3H3,(H,24,25)/t17-/m0/s1. The predicted octanol–water partition coefficient (Wildman–Crippen LogP) is 4.71. The van der Waals surface area contributed by atoms with Crippen molar-refractivity contribution in [2.24, 2.45) is 0 Å². The van der Waals surface area contributed by atoms with Gasteiger partial charge >= 0.3 is 5.97 Å². The first kappa shape index (κ1) is 21.5.